The highest BCUT2D eigenvalue weighted by Gasteiger charge is 2.15. The number of benzene rings is 1. The first-order valence-electron chi connectivity index (χ1n) is 8.10. The molecule has 0 aliphatic heterocycles. The van der Waals surface area contributed by atoms with Gasteiger partial charge in [-0.15, -0.1) is 0 Å². The molecule has 0 fully saturated rings. The van der Waals surface area contributed by atoms with Crippen LogP contribution in [0.25, 0.3) is 0 Å². The first-order valence-corrected chi connectivity index (χ1v) is 8.10. The molecule has 1 heterocycles. The van der Waals surface area contributed by atoms with Crippen LogP contribution in [-0.2, 0) is 17.9 Å². The Balaban J connectivity index is 2.16. The van der Waals surface area contributed by atoms with Gasteiger partial charge in [-0.25, -0.2) is 4.79 Å². The average Bonchev–Trinajstić information content (AvgIpc) is 2.61. The molecule has 8 heteroatoms. The van der Waals surface area contributed by atoms with Crippen molar-refractivity contribution in [3.05, 3.63) is 68.5 Å². The van der Waals surface area contributed by atoms with E-state index < -0.39 is 11.2 Å². The molecule has 136 valence electrons. The lowest BCUT2D eigenvalue weighted by molar-refractivity contribution is -0.132. The van der Waals surface area contributed by atoms with E-state index in [1.807, 2.05) is 19.0 Å². The quantitative estimate of drug-likeness (QED) is 0.753. The smallest absolute Gasteiger partial charge is 0.328 e. The molecule has 26 heavy (non-hydrogen) atoms. The lowest BCUT2D eigenvalue weighted by Crippen LogP contribution is -2.40. The van der Waals surface area contributed by atoms with E-state index in [9.17, 15) is 14.4 Å². The molecule has 0 bridgehead atoms. The van der Waals surface area contributed by atoms with E-state index in [0.29, 0.717) is 25.2 Å². The third kappa shape index (κ3) is 5.43. The molecule has 0 saturated heterocycles. The van der Waals surface area contributed by atoms with Gasteiger partial charge in [0.05, 0.1) is 11.6 Å². The number of hydrogen-bond donors (Lipinski definition) is 1. The van der Waals surface area contributed by atoms with Crippen LogP contribution in [0.2, 0.25) is 0 Å². The highest BCUT2D eigenvalue weighted by atomic mass is 16.2. The summed E-state index contributed by atoms with van der Waals surface area (Å²) in [6.45, 7) is 1.38. The zero-order chi connectivity index (χ0) is 19.1. The van der Waals surface area contributed by atoms with Gasteiger partial charge in [-0.2, -0.15) is 5.26 Å². The Morgan fingerprint density at radius 3 is 2.42 bits per heavy atom. The largest absolute Gasteiger partial charge is 0.336 e. The van der Waals surface area contributed by atoms with Crippen molar-refractivity contribution < 1.29 is 4.79 Å². The highest BCUT2D eigenvalue weighted by Crippen LogP contribution is 2.08. The number of amides is 1. The van der Waals surface area contributed by atoms with Crippen molar-refractivity contribution >= 4 is 5.91 Å². The van der Waals surface area contributed by atoms with Gasteiger partial charge >= 0.3 is 5.69 Å². The fourth-order valence-electron chi connectivity index (χ4n) is 2.33. The highest BCUT2D eigenvalue weighted by molar-refractivity contribution is 5.76. The second kappa shape index (κ2) is 8.78. The van der Waals surface area contributed by atoms with E-state index in [0.717, 1.165) is 5.56 Å². The summed E-state index contributed by atoms with van der Waals surface area (Å²) in [5, 5.41) is 8.88. The lowest BCUT2D eigenvalue weighted by Gasteiger charge is -2.25. The number of aromatic nitrogens is 2. The van der Waals surface area contributed by atoms with Gasteiger partial charge in [-0.1, -0.05) is 12.1 Å². The van der Waals surface area contributed by atoms with Gasteiger partial charge in [-0.3, -0.25) is 19.1 Å². The van der Waals surface area contributed by atoms with Gasteiger partial charge in [0, 0.05) is 31.9 Å². The van der Waals surface area contributed by atoms with Crippen molar-refractivity contribution in [2.45, 2.75) is 13.1 Å². The minimum atomic E-state index is -0.614. The first kappa shape index (κ1) is 19.1. The molecule has 8 nitrogen and oxygen atoms in total. The molecule has 2 rings (SSSR count). The molecule has 1 aromatic carbocycles. The van der Waals surface area contributed by atoms with E-state index >= 15 is 0 Å². The molecule has 0 radical (unpaired) electrons. The molecule has 2 aromatic rings. The molecule has 0 aliphatic carbocycles. The monoisotopic (exact) mass is 355 g/mol. The van der Waals surface area contributed by atoms with E-state index in [1.165, 1.54) is 16.8 Å². The van der Waals surface area contributed by atoms with Crippen molar-refractivity contribution in [1.29, 1.82) is 5.26 Å². The number of nitriles is 1. The van der Waals surface area contributed by atoms with E-state index in [4.69, 9.17) is 5.26 Å². The maximum atomic E-state index is 12.7. The Morgan fingerprint density at radius 1 is 1.15 bits per heavy atom. The van der Waals surface area contributed by atoms with Crippen LogP contribution in [0.1, 0.15) is 11.1 Å². The number of nitrogens with one attached hydrogen (secondary N) is 1. The average molecular weight is 355 g/mol. The fourth-order valence-corrected chi connectivity index (χ4v) is 2.33. The van der Waals surface area contributed by atoms with Crippen molar-refractivity contribution in [3.8, 4) is 6.07 Å². The number of nitrogens with zero attached hydrogens (tertiary/aromatic N) is 4. The van der Waals surface area contributed by atoms with Crippen molar-refractivity contribution in [2.75, 3.05) is 27.2 Å². The maximum absolute atomic E-state index is 12.7. The van der Waals surface area contributed by atoms with Crippen LogP contribution >= 0.6 is 0 Å². The van der Waals surface area contributed by atoms with Crippen LogP contribution in [-0.4, -0.2) is 52.4 Å². The molecule has 0 saturated carbocycles. The molecule has 1 amide bonds. The minimum Gasteiger partial charge on any atom is -0.336 e. The van der Waals surface area contributed by atoms with Crippen LogP contribution in [0.3, 0.4) is 0 Å². The van der Waals surface area contributed by atoms with Crippen LogP contribution in [0.4, 0.5) is 0 Å². The van der Waals surface area contributed by atoms with Crippen LogP contribution in [0.5, 0.6) is 0 Å². The van der Waals surface area contributed by atoms with E-state index in [-0.39, 0.29) is 12.5 Å². The normalized spacial score (nSPS) is 10.5. The zero-order valence-corrected chi connectivity index (χ0v) is 14.8. The second-order valence-corrected chi connectivity index (χ2v) is 6.17. The summed E-state index contributed by atoms with van der Waals surface area (Å²) in [5.41, 5.74) is 0.335. The van der Waals surface area contributed by atoms with Gasteiger partial charge in [0.25, 0.3) is 5.56 Å². The number of aromatic amines is 1. The molecule has 1 N–H and O–H groups in total. The van der Waals surface area contributed by atoms with Gasteiger partial charge in [0.15, 0.2) is 0 Å². The van der Waals surface area contributed by atoms with Gasteiger partial charge in [0.2, 0.25) is 5.91 Å². The molecule has 1 aromatic heterocycles. The second-order valence-electron chi connectivity index (χ2n) is 6.17. The summed E-state index contributed by atoms with van der Waals surface area (Å²) in [4.78, 5) is 41.4. The molecule has 0 unspecified atom stereocenters. The van der Waals surface area contributed by atoms with Crippen molar-refractivity contribution in [3.63, 3.8) is 0 Å². The lowest BCUT2D eigenvalue weighted by atomic mass is 10.1. The minimum absolute atomic E-state index is 0.153. The third-order valence-corrected chi connectivity index (χ3v) is 3.83. The summed E-state index contributed by atoms with van der Waals surface area (Å²) in [6.07, 6.45) is 1.31. The van der Waals surface area contributed by atoms with Crippen LogP contribution < -0.4 is 11.2 Å². The zero-order valence-electron chi connectivity index (χ0n) is 14.8. The Bertz CT molecular complexity index is 906. The summed E-state index contributed by atoms with van der Waals surface area (Å²) < 4.78 is 1.17. The Labute approximate surface area is 150 Å². The number of carbonyl (C=O) groups is 1. The van der Waals surface area contributed by atoms with E-state index in [1.54, 1.807) is 29.2 Å². The Hall–Kier alpha value is -3.18. The predicted molar refractivity (Wildman–Crippen MR) is 96.5 cm³/mol. The topological polar surface area (TPSA) is 102 Å². The SMILES string of the molecule is CN(C)CCN(Cc1ccc(C#N)cc1)C(=O)Cn1ccc(=O)[nH]c1=O. The third-order valence-electron chi connectivity index (χ3n) is 3.83. The number of rotatable bonds is 7. The fraction of sp³-hybridized carbons (Fsp3) is 0.333. The summed E-state index contributed by atoms with van der Waals surface area (Å²) in [7, 11) is 3.83. The summed E-state index contributed by atoms with van der Waals surface area (Å²) in [6, 6.07) is 10.3. The van der Waals surface area contributed by atoms with Gasteiger partial charge in [-0.05, 0) is 31.8 Å². The predicted octanol–water partition coefficient (Wildman–Crippen LogP) is -0.00132. The molecule has 0 spiro atoms. The van der Waals surface area contributed by atoms with Gasteiger partial charge in [0.1, 0.15) is 6.54 Å². The number of hydrogen-bond acceptors (Lipinski definition) is 5. The Kier molecular flexibility index (Phi) is 6.47. The van der Waals surface area contributed by atoms with Crippen LogP contribution in [0.15, 0.2) is 46.1 Å². The summed E-state index contributed by atoms with van der Waals surface area (Å²) in [5.74, 6) is -0.231. The molecular weight excluding hydrogens is 334 g/mol. The molecule has 0 atom stereocenters. The summed E-state index contributed by atoms with van der Waals surface area (Å²) >= 11 is 0. The van der Waals surface area contributed by atoms with Crippen molar-refractivity contribution in [1.82, 2.24) is 19.4 Å². The van der Waals surface area contributed by atoms with Crippen molar-refractivity contribution in [2.24, 2.45) is 0 Å². The number of likely N-dealkylation sites (N-methyl/N-ethyl adjacent to an activating group) is 1. The maximum Gasteiger partial charge on any atom is 0.328 e. The standard InChI is InChI=1S/C18H21N5O3/c1-21(2)9-10-22(12-15-5-3-14(11-19)4-6-15)17(25)13-23-8-7-16(24)20-18(23)26/h3-8H,9-10,12-13H2,1-2H3,(H,20,24,26). The first-order chi connectivity index (χ1) is 12.4. The van der Waals surface area contributed by atoms with E-state index in [2.05, 4.69) is 11.1 Å². The van der Waals surface area contributed by atoms with Crippen LogP contribution in [0, 0.1) is 11.3 Å². The number of carbonyl (C=O) groups excluding carboxylic acids is 1. The van der Waals surface area contributed by atoms with Gasteiger partial charge < -0.3 is 9.80 Å². The Morgan fingerprint density at radius 2 is 1.85 bits per heavy atom. The molecular formula is C18H21N5O3. The number of H-pyrrole nitrogens is 1. The molecule has 0 aliphatic rings.